The third-order valence-electron chi connectivity index (χ3n) is 5.39. The van der Waals surface area contributed by atoms with Crippen molar-refractivity contribution >= 4 is 10.2 Å². The van der Waals surface area contributed by atoms with Gasteiger partial charge in [-0.15, -0.1) is 0 Å². The molecule has 0 aromatic heterocycles. The van der Waals surface area contributed by atoms with E-state index in [-0.39, 0.29) is 11.6 Å². The molecule has 0 aromatic carbocycles. The molecule has 0 atom stereocenters. The molecule has 1 heterocycles. The third kappa shape index (κ3) is 4.20. The number of rotatable bonds is 6. The second kappa shape index (κ2) is 7.57. The molecule has 0 aromatic rings. The molecule has 1 saturated heterocycles. The second-order valence-corrected chi connectivity index (χ2v) is 8.59. The second-order valence-electron chi connectivity index (χ2n) is 6.84. The Morgan fingerprint density at radius 1 is 1.18 bits per heavy atom. The van der Waals surface area contributed by atoms with Gasteiger partial charge in [0.15, 0.2) is 0 Å². The lowest BCUT2D eigenvalue weighted by molar-refractivity contribution is 0.0597. The van der Waals surface area contributed by atoms with Crippen LogP contribution in [0.25, 0.3) is 0 Å². The molecule has 0 unspecified atom stereocenters. The molecular formula is C15H31N3O3S. The summed E-state index contributed by atoms with van der Waals surface area (Å²) >= 11 is 0. The van der Waals surface area contributed by atoms with Crippen LogP contribution >= 0.6 is 0 Å². The molecule has 1 N–H and O–H groups in total. The van der Waals surface area contributed by atoms with Crippen LogP contribution in [0.5, 0.6) is 0 Å². The molecule has 2 fully saturated rings. The maximum atomic E-state index is 12.5. The fourth-order valence-electron chi connectivity index (χ4n) is 3.62. The topological polar surface area (TPSA) is 61.9 Å². The highest BCUT2D eigenvalue weighted by atomic mass is 32.2. The number of hydrogen-bond donors (Lipinski definition) is 1. The zero-order valence-corrected chi connectivity index (χ0v) is 15.0. The molecule has 2 rings (SSSR count). The minimum atomic E-state index is -3.38. The molecule has 2 aliphatic rings. The smallest absolute Gasteiger partial charge is 0.279 e. The first-order chi connectivity index (χ1) is 10.4. The number of nitrogens with zero attached hydrogens (tertiary/aromatic N) is 2. The van der Waals surface area contributed by atoms with Gasteiger partial charge < -0.3 is 9.64 Å². The van der Waals surface area contributed by atoms with Gasteiger partial charge in [0, 0.05) is 32.3 Å². The quantitative estimate of drug-likeness (QED) is 0.793. The number of hydrogen-bond acceptors (Lipinski definition) is 4. The number of ether oxygens (including phenoxy) is 1. The van der Waals surface area contributed by atoms with E-state index in [9.17, 15) is 8.42 Å². The van der Waals surface area contributed by atoms with E-state index in [1.54, 1.807) is 11.4 Å². The van der Waals surface area contributed by atoms with Crippen molar-refractivity contribution in [1.82, 2.24) is 13.9 Å². The summed E-state index contributed by atoms with van der Waals surface area (Å²) in [4.78, 5) is 2.20. The molecule has 1 aliphatic carbocycles. The number of piperidine rings is 1. The highest BCUT2D eigenvalue weighted by Crippen LogP contribution is 2.31. The summed E-state index contributed by atoms with van der Waals surface area (Å²) in [6.45, 7) is 1.60. The lowest BCUT2D eigenvalue weighted by atomic mass is 9.81. The monoisotopic (exact) mass is 333 g/mol. The van der Waals surface area contributed by atoms with Gasteiger partial charge in [0.1, 0.15) is 0 Å². The van der Waals surface area contributed by atoms with Gasteiger partial charge in [-0.2, -0.15) is 12.7 Å². The fourth-order valence-corrected chi connectivity index (χ4v) is 4.94. The van der Waals surface area contributed by atoms with Crippen molar-refractivity contribution in [3.8, 4) is 0 Å². The summed E-state index contributed by atoms with van der Waals surface area (Å²) in [5.74, 6) is 0. The molecule has 22 heavy (non-hydrogen) atoms. The molecule has 1 aliphatic heterocycles. The van der Waals surface area contributed by atoms with Crippen molar-refractivity contribution in [2.75, 3.05) is 40.8 Å². The molecular weight excluding hydrogens is 302 g/mol. The number of nitrogens with one attached hydrogen (secondary N) is 1. The van der Waals surface area contributed by atoms with Crippen LogP contribution in [0, 0.1) is 0 Å². The predicted octanol–water partition coefficient (Wildman–Crippen LogP) is 1.20. The van der Waals surface area contributed by atoms with Gasteiger partial charge in [0.25, 0.3) is 10.2 Å². The summed E-state index contributed by atoms with van der Waals surface area (Å²) in [6, 6.07) is 0. The lowest BCUT2D eigenvalue weighted by Gasteiger charge is -2.43. The molecule has 0 radical (unpaired) electrons. The van der Waals surface area contributed by atoms with Crippen molar-refractivity contribution in [2.45, 2.75) is 56.6 Å². The minimum Gasteiger partial charge on any atom is -0.381 e. The molecule has 7 heteroatoms. The highest BCUT2D eigenvalue weighted by molar-refractivity contribution is 7.87. The lowest BCUT2D eigenvalue weighted by Crippen LogP contribution is -2.56. The Balaban J connectivity index is 1.94. The van der Waals surface area contributed by atoms with E-state index in [2.05, 4.69) is 23.7 Å². The van der Waals surface area contributed by atoms with Crippen LogP contribution in [0.15, 0.2) is 0 Å². The van der Waals surface area contributed by atoms with Gasteiger partial charge in [-0.05, 0) is 39.8 Å². The van der Waals surface area contributed by atoms with Crippen molar-refractivity contribution in [3.05, 3.63) is 0 Å². The standard InChI is InChI=1S/C15H31N3O3S/c1-17(2)15(9-5-4-6-10-15)13-16-22(19,20)18-11-7-14(21-3)8-12-18/h14,16H,4-13H2,1-3H3. The van der Waals surface area contributed by atoms with Gasteiger partial charge in [-0.1, -0.05) is 19.3 Å². The van der Waals surface area contributed by atoms with Gasteiger partial charge >= 0.3 is 0 Å². The van der Waals surface area contributed by atoms with Crippen LogP contribution < -0.4 is 4.72 Å². The molecule has 1 saturated carbocycles. The summed E-state index contributed by atoms with van der Waals surface area (Å²) in [5, 5.41) is 0. The fraction of sp³-hybridized carbons (Fsp3) is 1.00. The number of methoxy groups -OCH3 is 1. The summed E-state index contributed by atoms with van der Waals surface area (Å²) in [6.07, 6.45) is 7.48. The molecule has 0 spiro atoms. The highest BCUT2D eigenvalue weighted by Gasteiger charge is 2.36. The van der Waals surface area contributed by atoms with Crippen LogP contribution in [0.2, 0.25) is 0 Å². The van der Waals surface area contributed by atoms with Crippen LogP contribution in [0.3, 0.4) is 0 Å². The normalized spacial score (nSPS) is 24.7. The van der Waals surface area contributed by atoms with Crippen molar-refractivity contribution in [1.29, 1.82) is 0 Å². The van der Waals surface area contributed by atoms with Crippen molar-refractivity contribution < 1.29 is 13.2 Å². The Morgan fingerprint density at radius 2 is 1.77 bits per heavy atom. The Labute approximate surface area is 135 Å². The zero-order chi connectivity index (χ0) is 16.2. The molecule has 0 amide bonds. The third-order valence-corrected chi connectivity index (χ3v) is 6.94. The maximum absolute atomic E-state index is 12.5. The first kappa shape index (κ1) is 18.1. The maximum Gasteiger partial charge on any atom is 0.279 e. The SMILES string of the molecule is COC1CCN(S(=O)(=O)NCC2(N(C)C)CCCCC2)CC1. The summed E-state index contributed by atoms with van der Waals surface area (Å²) in [7, 11) is 2.43. The first-order valence-corrected chi connectivity index (χ1v) is 9.79. The van der Waals surface area contributed by atoms with E-state index in [0.29, 0.717) is 19.6 Å². The largest absolute Gasteiger partial charge is 0.381 e. The molecule has 0 bridgehead atoms. The number of likely N-dealkylation sites (N-methyl/N-ethyl adjacent to an activating group) is 1. The summed E-state index contributed by atoms with van der Waals surface area (Å²) < 4.78 is 34.8. The van der Waals surface area contributed by atoms with Crippen LogP contribution in [0.1, 0.15) is 44.9 Å². The van der Waals surface area contributed by atoms with Gasteiger partial charge in [-0.3, -0.25) is 0 Å². The van der Waals surface area contributed by atoms with E-state index >= 15 is 0 Å². The van der Waals surface area contributed by atoms with E-state index in [0.717, 1.165) is 25.7 Å². The van der Waals surface area contributed by atoms with Gasteiger partial charge in [-0.25, -0.2) is 4.72 Å². The summed E-state index contributed by atoms with van der Waals surface area (Å²) in [5.41, 5.74) is -0.0316. The van der Waals surface area contributed by atoms with Crippen LogP contribution in [0.4, 0.5) is 0 Å². The minimum absolute atomic E-state index is 0.0316. The van der Waals surface area contributed by atoms with E-state index in [4.69, 9.17) is 4.74 Å². The van der Waals surface area contributed by atoms with E-state index < -0.39 is 10.2 Å². The Bertz CT molecular complexity index is 439. The Morgan fingerprint density at radius 3 is 2.27 bits per heavy atom. The van der Waals surface area contributed by atoms with E-state index in [1.165, 1.54) is 19.3 Å². The molecule has 6 nitrogen and oxygen atoms in total. The van der Waals surface area contributed by atoms with E-state index in [1.807, 2.05) is 0 Å². The first-order valence-electron chi connectivity index (χ1n) is 8.35. The van der Waals surface area contributed by atoms with Crippen molar-refractivity contribution in [3.63, 3.8) is 0 Å². The molecule has 130 valence electrons. The van der Waals surface area contributed by atoms with Crippen molar-refractivity contribution in [2.24, 2.45) is 0 Å². The van der Waals surface area contributed by atoms with Gasteiger partial charge in [0.2, 0.25) is 0 Å². The average molecular weight is 333 g/mol. The Hall–Kier alpha value is -0.210. The average Bonchev–Trinajstić information content (AvgIpc) is 2.54. The Kier molecular flexibility index (Phi) is 6.24. The van der Waals surface area contributed by atoms with Gasteiger partial charge in [0.05, 0.1) is 6.10 Å². The zero-order valence-electron chi connectivity index (χ0n) is 14.2. The van der Waals surface area contributed by atoms with Crippen LogP contribution in [-0.4, -0.2) is 70.1 Å². The predicted molar refractivity (Wildman–Crippen MR) is 88.0 cm³/mol. The van der Waals surface area contributed by atoms with Crippen LogP contribution in [-0.2, 0) is 14.9 Å².